The largest absolute Gasteiger partial charge is 0.454 e. The first-order valence-electron chi connectivity index (χ1n) is 8.99. The number of aryl methyl sites for hydroxylation is 1. The van der Waals surface area contributed by atoms with Crippen molar-refractivity contribution in [1.29, 1.82) is 0 Å². The molecule has 3 aromatic rings. The van der Waals surface area contributed by atoms with Crippen LogP contribution < -0.4 is 14.3 Å². The van der Waals surface area contributed by atoms with Crippen LogP contribution in [-0.4, -0.2) is 22.2 Å². The Morgan fingerprint density at radius 2 is 2.00 bits per heavy atom. The molecule has 2 heterocycles. The van der Waals surface area contributed by atoms with Crippen LogP contribution in [0.15, 0.2) is 47.5 Å². The molecule has 1 aromatic heterocycles. The van der Waals surface area contributed by atoms with Gasteiger partial charge in [-0.2, -0.15) is 4.99 Å². The van der Waals surface area contributed by atoms with Crippen LogP contribution in [0.4, 0.5) is 5.69 Å². The maximum Gasteiger partial charge on any atom is 0.272 e. The number of rotatable bonds is 5. The number of nitro benzene ring substituents is 1. The predicted molar refractivity (Wildman–Crippen MR) is 109 cm³/mol. The predicted octanol–water partition coefficient (Wildman–Crippen LogP) is 3.89. The maximum absolute atomic E-state index is 12.4. The molecular formula is C20H17N3O5S. The third-order valence-corrected chi connectivity index (χ3v) is 5.39. The van der Waals surface area contributed by atoms with Gasteiger partial charge in [0.1, 0.15) is 0 Å². The van der Waals surface area contributed by atoms with Gasteiger partial charge in [-0.3, -0.25) is 14.9 Å². The van der Waals surface area contributed by atoms with E-state index in [1.54, 1.807) is 18.2 Å². The molecule has 0 bridgehead atoms. The van der Waals surface area contributed by atoms with Gasteiger partial charge >= 0.3 is 0 Å². The number of nitro groups is 1. The van der Waals surface area contributed by atoms with Crippen LogP contribution in [-0.2, 0) is 11.3 Å². The number of hydrogen-bond acceptors (Lipinski definition) is 6. The molecule has 0 atom stereocenters. The van der Waals surface area contributed by atoms with Gasteiger partial charge in [0.25, 0.3) is 11.6 Å². The molecule has 0 unspecified atom stereocenters. The topological polar surface area (TPSA) is 96.0 Å². The second-order valence-electron chi connectivity index (χ2n) is 6.34. The standard InChI is InChI=1S/C20H17N3O5S/c1-2-9-22-15-10-16-17(28-12-27-16)11-18(15)29-20(22)21-19(24)8-5-13-3-6-14(7-4-13)23(25)26/h3-8,10-11H,2,9,12H2,1H3/b8-5+,21-20?. The lowest BCUT2D eigenvalue weighted by Crippen LogP contribution is -2.16. The van der Waals surface area contributed by atoms with Gasteiger partial charge in [0.15, 0.2) is 16.3 Å². The average molecular weight is 411 g/mol. The summed E-state index contributed by atoms with van der Waals surface area (Å²) in [4.78, 5) is 27.5. The Kier molecular flexibility index (Phi) is 5.13. The van der Waals surface area contributed by atoms with E-state index in [4.69, 9.17) is 9.47 Å². The molecule has 29 heavy (non-hydrogen) atoms. The van der Waals surface area contributed by atoms with Crippen molar-refractivity contribution >= 4 is 39.2 Å². The van der Waals surface area contributed by atoms with E-state index in [0.29, 0.717) is 21.9 Å². The van der Waals surface area contributed by atoms with Crippen molar-refractivity contribution in [2.45, 2.75) is 19.9 Å². The third-order valence-electron chi connectivity index (χ3n) is 4.35. The van der Waals surface area contributed by atoms with E-state index < -0.39 is 10.8 Å². The number of thiazole rings is 1. The number of ether oxygens (including phenoxy) is 2. The molecule has 0 saturated carbocycles. The molecule has 1 amide bonds. The zero-order valence-corrected chi connectivity index (χ0v) is 16.3. The summed E-state index contributed by atoms with van der Waals surface area (Å²) >= 11 is 1.42. The fourth-order valence-corrected chi connectivity index (χ4v) is 4.06. The molecule has 148 valence electrons. The summed E-state index contributed by atoms with van der Waals surface area (Å²) in [6.45, 7) is 2.99. The van der Waals surface area contributed by atoms with Gasteiger partial charge in [0.2, 0.25) is 6.79 Å². The Morgan fingerprint density at radius 1 is 1.28 bits per heavy atom. The molecule has 0 N–H and O–H groups in total. The van der Waals surface area contributed by atoms with Gasteiger partial charge in [0.05, 0.1) is 15.1 Å². The smallest absolute Gasteiger partial charge is 0.272 e. The Hall–Kier alpha value is -3.46. The summed E-state index contributed by atoms with van der Waals surface area (Å²) in [5.41, 5.74) is 1.64. The number of benzene rings is 2. The minimum atomic E-state index is -0.464. The molecule has 1 aliphatic heterocycles. The summed E-state index contributed by atoms with van der Waals surface area (Å²) < 4.78 is 13.9. The summed E-state index contributed by atoms with van der Waals surface area (Å²) in [5.74, 6) is 0.981. The SMILES string of the molecule is CCCn1c(=NC(=O)/C=C/c2ccc([N+](=O)[O-])cc2)sc2cc3c(cc21)OCO3. The lowest BCUT2D eigenvalue weighted by Gasteiger charge is -2.03. The zero-order valence-electron chi connectivity index (χ0n) is 15.5. The number of aromatic nitrogens is 1. The Labute approximate surface area is 169 Å². The highest BCUT2D eigenvalue weighted by Gasteiger charge is 2.17. The molecule has 8 nitrogen and oxygen atoms in total. The molecule has 2 aromatic carbocycles. The lowest BCUT2D eigenvalue weighted by atomic mass is 10.2. The van der Waals surface area contributed by atoms with Crippen molar-refractivity contribution in [2.75, 3.05) is 6.79 Å². The van der Waals surface area contributed by atoms with Crippen molar-refractivity contribution in [1.82, 2.24) is 4.57 Å². The number of hydrogen-bond donors (Lipinski definition) is 0. The van der Waals surface area contributed by atoms with Crippen LogP contribution in [0.5, 0.6) is 11.5 Å². The van der Waals surface area contributed by atoms with Gasteiger partial charge in [-0.25, -0.2) is 0 Å². The molecule has 0 spiro atoms. The van der Waals surface area contributed by atoms with Crippen molar-refractivity contribution < 1.29 is 19.2 Å². The first-order valence-corrected chi connectivity index (χ1v) is 9.81. The highest BCUT2D eigenvalue weighted by molar-refractivity contribution is 7.16. The van der Waals surface area contributed by atoms with Gasteiger partial charge in [0, 0.05) is 36.9 Å². The maximum atomic E-state index is 12.4. The molecule has 0 aliphatic carbocycles. The highest BCUT2D eigenvalue weighted by atomic mass is 32.1. The Morgan fingerprint density at radius 3 is 2.69 bits per heavy atom. The first-order chi connectivity index (χ1) is 14.0. The number of nitrogens with zero attached hydrogens (tertiary/aromatic N) is 3. The van der Waals surface area contributed by atoms with Crippen LogP contribution >= 0.6 is 11.3 Å². The number of carbonyl (C=O) groups excluding carboxylic acids is 1. The Bertz CT molecular complexity index is 1190. The van der Waals surface area contributed by atoms with Crippen molar-refractivity contribution in [2.24, 2.45) is 4.99 Å². The Balaban J connectivity index is 1.65. The number of carbonyl (C=O) groups is 1. The van der Waals surface area contributed by atoms with Crippen LogP contribution in [0.25, 0.3) is 16.3 Å². The lowest BCUT2D eigenvalue weighted by molar-refractivity contribution is -0.384. The second kappa shape index (κ2) is 7.88. The average Bonchev–Trinajstić information content (AvgIpc) is 3.29. The number of non-ortho nitro benzene ring substituents is 1. The number of fused-ring (bicyclic) bond motifs is 2. The minimum absolute atomic E-state index is 0.00361. The first kappa shape index (κ1) is 18.9. The van der Waals surface area contributed by atoms with Crippen LogP contribution in [0.2, 0.25) is 0 Å². The number of amides is 1. The summed E-state index contributed by atoms with van der Waals surface area (Å²) in [6, 6.07) is 9.78. The second-order valence-corrected chi connectivity index (χ2v) is 7.35. The monoisotopic (exact) mass is 411 g/mol. The third kappa shape index (κ3) is 3.90. The van der Waals surface area contributed by atoms with Gasteiger partial charge < -0.3 is 14.0 Å². The van der Waals surface area contributed by atoms with E-state index in [-0.39, 0.29) is 12.5 Å². The molecule has 4 rings (SSSR count). The van der Waals surface area contributed by atoms with E-state index in [1.807, 2.05) is 16.7 Å². The van der Waals surface area contributed by atoms with E-state index >= 15 is 0 Å². The zero-order chi connectivity index (χ0) is 20.4. The van der Waals surface area contributed by atoms with Crippen LogP contribution in [0.1, 0.15) is 18.9 Å². The van der Waals surface area contributed by atoms with E-state index in [9.17, 15) is 14.9 Å². The van der Waals surface area contributed by atoms with Crippen molar-refractivity contribution in [3.63, 3.8) is 0 Å². The molecule has 9 heteroatoms. The molecule has 0 fully saturated rings. The normalized spacial score (nSPS) is 13.5. The van der Waals surface area contributed by atoms with Gasteiger partial charge in [-0.1, -0.05) is 18.3 Å². The highest BCUT2D eigenvalue weighted by Crippen LogP contribution is 2.37. The fraction of sp³-hybridized carbons (Fsp3) is 0.200. The summed E-state index contributed by atoms with van der Waals surface area (Å²) in [5, 5.41) is 10.7. The van der Waals surface area contributed by atoms with Gasteiger partial charge in [-0.05, 0) is 30.2 Å². The molecule has 1 aliphatic rings. The van der Waals surface area contributed by atoms with E-state index in [2.05, 4.69) is 11.9 Å². The molecular weight excluding hydrogens is 394 g/mol. The summed E-state index contributed by atoms with van der Waals surface area (Å²) in [6.07, 6.45) is 3.83. The van der Waals surface area contributed by atoms with E-state index in [1.165, 1.54) is 29.5 Å². The minimum Gasteiger partial charge on any atom is -0.454 e. The fourth-order valence-electron chi connectivity index (χ4n) is 2.99. The van der Waals surface area contributed by atoms with Crippen LogP contribution in [0.3, 0.4) is 0 Å². The summed E-state index contributed by atoms with van der Waals surface area (Å²) in [7, 11) is 0. The van der Waals surface area contributed by atoms with Crippen molar-refractivity contribution in [3.8, 4) is 11.5 Å². The molecule has 0 saturated heterocycles. The van der Waals surface area contributed by atoms with Crippen molar-refractivity contribution in [3.05, 3.63) is 63.0 Å². The quantitative estimate of drug-likeness (QED) is 0.361. The van der Waals surface area contributed by atoms with Gasteiger partial charge in [-0.15, -0.1) is 0 Å². The van der Waals surface area contributed by atoms with E-state index in [0.717, 1.165) is 23.2 Å². The van der Waals surface area contributed by atoms with Crippen LogP contribution in [0, 0.1) is 10.1 Å². The molecule has 0 radical (unpaired) electrons.